The molecule has 0 aliphatic carbocycles. The molecule has 3 N–H and O–H groups in total. The Morgan fingerprint density at radius 1 is 1.27 bits per heavy atom. The molecule has 2 aromatic heterocycles. The Labute approximate surface area is 152 Å². The second-order valence-electron chi connectivity index (χ2n) is 5.75. The number of carbonyl (C=O) groups excluding carboxylic acids is 1. The molecule has 1 unspecified atom stereocenters. The summed E-state index contributed by atoms with van der Waals surface area (Å²) in [6.07, 6.45) is -0.321. The van der Waals surface area contributed by atoms with Crippen LogP contribution < -0.4 is 5.32 Å². The number of H-pyrrole nitrogens is 1. The van der Waals surface area contributed by atoms with E-state index in [1.165, 1.54) is 24.3 Å². The van der Waals surface area contributed by atoms with Crippen LogP contribution in [0.3, 0.4) is 0 Å². The van der Waals surface area contributed by atoms with E-state index in [9.17, 15) is 14.0 Å². The predicted molar refractivity (Wildman–Crippen MR) is 95.5 cm³/mol. The number of aromatic amines is 1. The number of rotatable bonds is 6. The van der Waals surface area contributed by atoms with Gasteiger partial charge in [0, 0.05) is 4.88 Å². The summed E-state index contributed by atoms with van der Waals surface area (Å²) >= 11 is 1.57. The minimum absolute atomic E-state index is 0.156. The molecule has 0 radical (unpaired) electrons. The summed E-state index contributed by atoms with van der Waals surface area (Å²) in [4.78, 5) is 25.7. The maximum Gasteiger partial charge on any atom is 0.305 e. The molecular weight excluding hydrogens is 357 g/mol. The van der Waals surface area contributed by atoms with Gasteiger partial charge in [-0.2, -0.15) is 5.10 Å². The minimum atomic E-state index is -1.07. The molecule has 26 heavy (non-hydrogen) atoms. The Morgan fingerprint density at radius 2 is 2.00 bits per heavy atom. The summed E-state index contributed by atoms with van der Waals surface area (Å²) in [5.74, 6) is -2.01. The molecule has 0 saturated carbocycles. The van der Waals surface area contributed by atoms with E-state index in [1.54, 1.807) is 17.4 Å². The summed E-state index contributed by atoms with van der Waals surface area (Å²) in [5.41, 5.74) is 1.38. The zero-order valence-corrected chi connectivity index (χ0v) is 14.6. The first-order valence-electron chi connectivity index (χ1n) is 7.82. The topological polar surface area (TPSA) is 95.1 Å². The Morgan fingerprint density at radius 3 is 2.62 bits per heavy atom. The van der Waals surface area contributed by atoms with Crippen LogP contribution in [0.5, 0.6) is 0 Å². The number of nitrogens with zero attached hydrogens (tertiary/aromatic N) is 1. The fourth-order valence-corrected chi connectivity index (χ4v) is 3.33. The molecule has 3 rings (SSSR count). The van der Waals surface area contributed by atoms with E-state index in [0.29, 0.717) is 11.3 Å². The van der Waals surface area contributed by atoms with E-state index in [0.717, 1.165) is 9.75 Å². The van der Waals surface area contributed by atoms with Crippen LogP contribution in [-0.4, -0.2) is 27.2 Å². The van der Waals surface area contributed by atoms with Gasteiger partial charge in [-0.3, -0.25) is 14.7 Å². The number of aromatic nitrogens is 2. The van der Waals surface area contributed by atoms with Crippen LogP contribution >= 0.6 is 11.3 Å². The smallest absolute Gasteiger partial charge is 0.305 e. The van der Waals surface area contributed by atoms with E-state index in [-0.39, 0.29) is 12.1 Å². The van der Waals surface area contributed by atoms with Gasteiger partial charge in [0.25, 0.3) is 5.91 Å². The van der Waals surface area contributed by atoms with Gasteiger partial charge in [0.2, 0.25) is 0 Å². The number of halogens is 1. The van der Waals surface area contributed by atoms with Gasteiger partial charge in [0.15, 0.2) is 5.69 Å². The highest BCUT2D eigenvalue weighted by Crippen LogP contribution is 2.26. The summed E-state index contributed by atoms with van der Waals surface area (Å²) in [7, 11) is 0. The van der Waals surface area contributed by atoms with Gasteiger partial charge in [0.05, 0.1) is 23.0 Å². The molecule has 1 atom stereocenters. The zero-order valence-electron chi connectivity index (χ0n) is 13.8. The van der Waals surface area contributed by atoms with E-state index >= 15 is 0 Å². The van der Waals surface area contributed by atoms with E-state index in [2.05, 4.69) is 15.5 Å². The SMILES string of the molecule is Cc1ccc(-c2cc(C(=O)NC(CC(=O)O)c3ccc(F)cc3)n[nH]2)s1. The molecule has 134 valence electrons. The van der Waals surface area contributed by atoms with Crippen molar-refractivity contribution < 1.29 is 19.1 Å². The molecule has 0 saturated heterocycles. The van der Waals surface area contributed by atoms with Gasteiger partial charge in [-0.05, 0) is 42.8 Å². The quantitative estimate of drug-likeness (QED) is 0.616. The normalized spacial score (nSPS) is 11.9. The number of carboxylic acids is 1. The lowest BCUT2D eigenvalue weighted by Crippen LogP contribution is -2.30. The molecule has 2 heterocycles. The van der Waals surface area contributed by atoms with E-state index in [4.69, 9.17) is 5.11 Å². The second kappa shape index (κ2) is 7.49. The monoisotopic (exact) mass is 373 g/mol. The zero-order chi connectivity index (χ0) is 18.7. The first-order chi connectivity index (χ1) is 12.4. The number of benzene rings is 1. The lowest BCUT2D eigenvalue weighted by Gasteiger charge is -2.16. The number of hydrogen-bond donors (Lipinski definition) is 3. The first kappa shape index (κ1) is 17.8. The summed E-state index contributed by atoms with van der Waals surface area (Å²) < 4.78 is 13.1. The van der Waals surface area contributed by atoms with Crippen LogP contribution in [0.4, 0.5) is 4.39 Å². The van der Waals surface area contributed by atoms with Crippen molar-refractivity contribution >= 4 is 23.2 Å². The third-order valence-corrected chi connectivity index (χ3v) is 4.81. The molecular formula is C18H16FN3O3S. The van der Waals surface area contributed by atoms with Gasteiger partial charge >= 0.3 is 5.97 Å². The number of amides is 1. The standard InChI is InChI=1S/C18H16FN3O3S/c1-10-2-7-16(26-10)14-8-15(22-21-14)18(25)20-13(9-17(23)24)11-3-5-12(19)6-4-11/h2-8,13H,9H2,1H3,(H,20,25)(H,21,22)(H,23,24). The molecule has 0 bridgehead atoms. The van der Waals surface area contributed by atoms with Gasteiger partial charge < -0.3 is 10.4 Å². The number of hydrogen-bond acceptors (Lipinski definition) is 4. The third-order valence-electron chi connectivity index (χ3n) is 3.77. The fourth-order valence-electron chi connectivity index (χ4n) is 2.50. The first-order valence-corrected chi connectivity index (χ1v) is 8.64. The Kier molecular flexibility index (Phi) is 5.13. The molecule has 3 aromatic rings. The molecule has 1 amide bonds. The highest BCUT2D eigenvalue weighted by Gasteiger charge is 2.21. The van der Waals surface area contributed by atoms with Crippen molar-refractivity contribution in [2.75, 3.05) is 0 Å². The number of nitrogens with one attached hydrogen (secondary N) is 2. The van der Waals surface area contributed by atoms with Crippen LogP contribution in [0.1, 0.15) is 33.4 Å². The predicted octanol–water partition coefficient (Wildman–Crippen LogP) is 3.53. The Bertz CT molecular complexity index is 933. The number of aryl methyl sites for hydroxylation is 1. The average Bonchev–Trinajstić information content (AvgIpc) is 3.23. The van der Waals surface area contributed by atoms with E-state index in [1.807, 2.05) is 19.1 Å². The average molecular weight is 373 g/mol. The highest BCUT2D eigenvalue weighted by molar-refractivity contribution is 7.15. The largest absolute Gasteiger partial charge is 0.481 e. The van der Waals surface area contributed by atoms with Crippen LogP contribution in [0.15, 0.2) is 42.5 Å². The minimum Gasteiger partial charge on any atom is -0.481 e. The molecule has 0 aliphatic rings. The van der Waals surface area contributed by atoms with Gasteiger partial charge in [-0.15, -0.1) is 11.3 Å². The molecule has 1 aromatic carbocycles. The van der Waals surface area contributed by atoms with Crippen LogP contribution in [-0.2, 0) is 4.79 Å². The Hall–Kier alpha value is -3.00. The molecule has 6 nitrogen and oxygen atoms in total. The van der Waals surface area contributed by atoms with Crippen molar-refractivity contribution in [1.29, 1.82) is 0 Å². The number of thiophene rings is 1. The van der Waals surface area contributed by atoms with Gasteiger partial charge in [-0.1, -0.05) is 12.1 Å². The lowest BCUT2D eigenvalue weighted by atomic mass is 10.0. The van der Waals surface area contributed by atoms with E-state index < -0.39 is 23.7 Å². The second-order valence-corrected chi connectivity index (χ2v) is 7.04. The molecule has 0 spiro atoms. The van der Waals surface area contributed by atoms with Gasteiger partial charge in [-0.25, -0.2) is 4.39 Å². The molecule has 8 heteroatoms. The van der Waals surface area contributed by atoms with Crippen molar-refractivity contribution in [3.8, 4) is 10.6 Å². The van der Waals surface area contributed by atoms with Crippen LogP contribution in [0, 0.1) is 12.7 Å². The summed E-state index contributed by atoms with van der Waals surface area (Å²) in [6.45, 7) is 1.98. The van der Waals surface area contributed by atoms with Crippen molar-refractivity contribution in [1.82, 2.24) is 15.5 Å². The molecule has 0 fully saturated rings. The van der Waals surface area contributed by atoms with Crippen molar-refractivity contribution in [2.45, 2.75) is 19.4 Å². The molecule has 0 aliphatic heterocycles. The van der Waals surface area contributed by atoms with Crippen molar-refractivity contribution in [3.63, 3.8) is 0 Å². The van der Waals surface area contributed by atoms with Gasteiger partial charge in [0.1, 0.15) is 5.82 Å². The van der Waals surface area contributed by atoms with Crippen molar-refractivity contribution in [2.24, 2.45) is 0 Å². The van der Waals surface area contributed by atoms with Crippen LogP contribution in [0.25, 0.3) is 10.6 Å². The number of carboxylic acid groups (broad SMARTS) is 1. The number of carbonyl (C=O) groups is 2. The summed E-state index contributed by atoms with van der Waals surface area (Å²) in [5, 5.41) is 18.6. The number of aliphatic carboxylic acids is 1. The fraction of sp³-hybridized carbons (Fsp3) is 0.167. The lowest BCUT2D eigenvalue weighted by molar-refractivity contribution is -0.137. The van der Waals surface area contributed by atoms with Crippen molar-refractivity contribution in [3.05, 3.63) is 64.4 Å². The highest BCUT2D eigenvalue weighted by atomic mass is 32.1. The Balaban J connectivity index is 1.78. The maximum absolute atomic E-state index is 13.1. The maximum atomic E-state index is 13.1. The van der Waals surface area contributed by atoms with Crippen LogP contribution in [0.2, 0.25) is 0 Å². The summed E-state index contributed by atoms with van der Waals surface area (Å²) in [6, 6.07) is 10.1. The third kappa shape index (κ3) is 4.15.